The Labute approximate surface area is 162 Å². The number of benzene rings is 1. The van der Waals surface area contributed by atoms with E-state index in [1.165, 1.54) is 5.56 Å². The number of nitrogens with one attached hydrogen (secondary N) is 2. The number of carbonyl (C=O) groups excluding carboxylic acids is 2. The molecule has 0 bridgehead atoms. The lowest BCUT2D eigenvalue weighted by molar-refractivity contribution is -0.135. The van der Waals surface area contributed by atoms with Gasteiger partial charge in [0.1, 0.15) is 0 Å². The van der Waals surface area contributed by atoms with Gasteiger partial charge in [-0.15, -0.1) is 12.4 Å². The van der Waals surface area contributed by atoms with Gasteiger partial charge in [-0.1, -0.05) is 29.8 Å². The molecule has 0 radical (unpaired) electrons. The van der Waals surface area contributed by atoms with Crippen LogP contribution in [0.2, 0.25) is 0 Å². The van der Waals surface area contributed by atoms with Crippen LogP contribution in [0.1, 0.15) is 24.0 Å². The largest absolute Gasteiger partial charge is 0.383 e. The van der Waals surface area contributed by atoms with Crippen molar-refractivity contribution in [2.24, 2.45) is 5.92 Å². The Morgan fingerprint density at radius 3 is 2.46 bits per heavy atom. The molecule has 1 aliphatic heterocycles. The van der Waals surface area contributed by atoms with Crippen LogP contribution in [0.4, 0.5) is 0 Å². The van der Waals surface area contributed by atoms with Crippen LogP contribution in [-0.4, -0.2) is 56.6 Å². The van der Waals surface area contributed by atoms with Gasteiger partial charge in [0, 0.05) is 39.2 Å². The van der Waals surface area contributed by atoms with Crippen molar-refractivity contribution in [2.75, 3.05) is 39.9 Å². The van der Waals surface area contributed by atoms with Crippen molar-refractivity contribution in [3.8, 4) is 0 Å². The SMILES string of the molecule is COCCNCC(=O)N1CCC(C(=O)NCc2ccc(C)cc2)CC1.Cl. The molecule has 1 aromatic carbocycles. The minimum absolute atomic E-state index is 0. The Morgan fingerprint density at radius 2 is 1.85 bits per heavy atom. The van der Waals surface area contributed by atoms with Crippen molar-refractivity contribution >= 4 is 24.2 Å². The fourth-order valence-electron chi connectivity index (χ4n) is 2.91. The van der Waals surface area contributed by atoms with Crippen LogP contribution in [0.25, 0.3) is 0 Å². The average Bonchev–Trinajstić information content (AvgIpc) is 2.64. The molecular weight excluding hydrogens is 354 g/mol. The summed E-state index contributed by atoms with van der Waals surface area (Å²) in [5, 5.41) is 6.08. The molecule has 0 saturated carbocycles. The average molecular weight is 384 g/mol. The highest BCUT2D eigenvalue weighted by atomic mass is 35.5. The van der Waals surface area contributed by atoms with Gasteiger partial charge in [-0.25, -0.2) is 0 Å². The Balaban J connectivity index is 0.00000338. The van der Waals surface area contributed by atoms with Crippen LogP contribution in [0.5, 0.6) is 0 Å². The number of carbonyl (C=O) groups is 2. The second-order valence-electron chi connectivity index (χ2n) is 6.53. The van der Waals surface area contributed by atoms with Gasteiger partial charge in [0.15, 0.2) is 0 Å². The summed E-state index contributed by atoms with van der Waals surface area (Å²) in [6.07, 6.45) is 1.45. The van der Waals surface area contributed by atoms with E-state index in [4.69, 9.17) is 4.74 Å². The molecule has 0 aromatic heterocycles. The molecule has 1 aliphatic rings. The zero-order chi connectivity index (χ0) is 18.1. The lowest BCUT2D eigenvalue weighted by atomic mass is 9.95. The Morgan fingerprint density at radius 1 is 1.19 bits per heavy atom. The van der Waals surface area contributed by atoms with E-state index < -0.39 is 0 Å². The predicted molar refractivity (Wildman–Crippen MR) is 104 cm³/mol. The summed E-state index contributed by atoms with van der Waals surface area (Å²) in [4.78, 5) is 26.3. The molecule has 0 spiro atoms. The third kappa shape index (κ3) is 7.32. The number of rotatable bonds is 8. The number of hydrogen-bond donors (Lipinski definition) is 2. The molecular formula is C19H30ClN3O3. The number of aryl methyl sites for hydroxylation is 1. The van der Waals surface area contributed by atoms with Gasteiger partial charge >= 0.3 is 0 Å². The number of piperidine rings is 1. The fraction of sp³-hybridized carbons (Fsp3) is 0.579. The van der Waals surface area contributed by atoms with E-state index in [1.807, 2.05) is 36.1 Å². The van der Waals surface area contributed by atoms with Crippen LogP contribution in [0.15, 0.2) is 24.3 Å². The quantitative estimate of drug-likeness (QED) is 0.667. The normalized spacial score (nSPS) is 14.6. The third-order valence-electron chi connectivity index (χ3n) is 4.56. The molecule has 1 aromatic rings. The molecule has 1 heterocycles. The number of amides is 2. The molecule has 1 fully saturated rings. The Hall–Kier alpha value is -1.63. The molecule has 0 unspecified atom stereocenters. The predicted octanol–water partition coefficient (Wildman–Crippen LogP) is 1.51. The highest BCUT2D eigenvalue weighted by Crippen LogP contribution is 2.17. The molecule has 7 heteroatoms. The molecule has 2 N–H and O–H groups in total. The molecule has 26 heavy (non-hydrogen) atoms. The second-order valence-corrected chi connectivity index (χ2v) is 6.53. The minimum Gasteiger partial charge on any atom is -0.383 e. The van der Waals surface area contributed by atoms with E-state index in [0.717, 1.165) is 18.4 Å². The first-order chi connectivity index (χ1) is 12.1. The van der Waals surface area contributed by atoms with E-state index in [-0.39, 0.29) is 30.1 Å². The minimum atomic E-state index is -0.00375. The van der Waals surface area contributed by atoms with Crippen molar-refractivity contribution in [3.05, 3.63) is 35.4 Å². The van der Waals surface area contributed by atoms with Gasteiger partial charge < -0.3 is 20.3 Å². The van der Waals surface area contributed by atoms with Gasteiger partial charge in [-0.2, -0.15) is 0 Å². The van der Waals surface area contributed by atoms with E-state index in [9.17, 15) is 9.59 Å². The summed E-state index contributed by atoms with van der Waals surface area (Å²) in [6, 6.07) is 8.17. The highest BCUT2D eigenvalue weighted by Gasteiger charge is 2.26. The van der Waals surface area contributed by atoms with Crippen molar-refractivity contribution in [1.29, 1.82) is 0 Å². The standard InChI is InChI=1S/C19H29N3O3.ClH/c1-15-3-5-16(6-4-15)13-21-19(24)17-7-10-22(11-8-17)18(23)14-20-9-12-25-2;/h3-6,17,20H,7-14H2,1-2H3,(H,21,24);1H. The summed E-state index contributed by atoms with van der Waals surface area (Å²) in [7, 11) is 1.64. The molecule has 6 nitrogen and oxygen atoms in total. The molecule has 2 amide bonds. The van der Waals surface area contributed by atoms with E-state index in [1.54, 1.807) is 7.11 Å². The van der Waals surface area contributed by atoms with Gasteiger partial charge in [0.25, 0.3) is 0 Å². The number of likely N-dealkylation sites (tertiary alicyclic amines) is 1. The summed E-state index contributed by atoms with van der Waals surface area (Å²) < 4.78 is 4.94. The lowest BCUT2D eigenvalue weighted by Crippen LogP contribution is -2.45. The first-order valence-corrected chi connectivity index (χ1v) is 8.91. The monoisotopic (exact) mass is 383 g/mol. The number of ether oxygens (including phenoxy) is 1. The maximum absolute atomic E-state index is 12.3. The van der Waals surface area contributed by atoms with Crippen molar-refractivity contribution in [2.45, 2.75) is 26.3 Å². The topological polar surface area (TPSA) is 70.7 Å². The number of hydrogen-bond acceptors (Lipinski definition) is 4. The van der Waals surface area contributed by atoms with Crippen LogP contribution in [0, 0.1) is 12.8 Å². The first kappa shape index (κ1) is 22.4. The summed E-state index contributed by atoms with van der Waals surface area (Å²) in [5.41, 5.74) is 2.32. The van der Waals surface area contributed by atoms with Crippen molar-refractivity contribution < 1.29 is 14.3 Å². The first-order valence-electron chi connectivity index (χ1n) is 8.91. The molecule has 2 rings (SSSR count). The van der Waals surface area contributed by atoms with Crippen LogP contribution < -0.4 is 10.6 Å². The lowest BCUT2D eigenvalue weighted by Gasteiger charge is -2.31. The molecule has 146 valence electrons. The molecule has 0 aliphatic carbocycles. The fourth-order valence-corrected chi connectivity index (χ4v) is 2.91. The summed E-state index contributed by atoms with van der Waals surface area (Å²) in [6.45, 7) is 5.48. The molecule has 0 atom stereocenters. The van der Waals surface area contributed by atoms with E-state index in [0.29, 0.717) is 39.3 Å². The van der Waals surface area contributed by atoms with Crippen molar-refractivity contribution in [3.63, 3.8) is 0 Å². The number of methoxy groups -OCH3 is 1. The number of halogens is 1. The smallest absolute Gasteiger partial charge is 0.236 e. The van der Waals surface area contributed by atoms with E-state index >= 15 is 0 Å². The maximum Gasteiger partial charge on any atom is 0.236 e. The van der Waals surface area contributed by atoms with Gasteiger partial charge in [0.2, 0.25) is 11.8 Å². The zero-order valence-electron chi connectivity index (χ0n) is 15.6. The summed E-state index contributed by atoms with van der Waals surface area (Å²) in [5.74, 6) is 0.177. The van der Waals surface area contributed by atoms with Crippen LogP contribution >= 0.6 is 12.4 Å². The highest BCUT2D eigenvalue weighted by molar-refractivity contribution is 5.85. The van der Waals surface area contributed by atoms with Gasteiger partial charge in [0.05, 0.1) is 13.2 Å². The van der Waals surface area contributed by atoms with Crippen molar-refractivity contribution in [1.82, 2.24) is 15.5 Å². The van der Waals surface area contributed by atoms with Gasteiger partial charge in [-0.3, -0.25) is 9.59 Å². The molecule has 1 saturated heterocycles. The summed E-state index contributed by atoms with van der Waals surface area (Å²) >= 11 is 0. The third-order valence-corrected chi connectivity index (χ3v) is 4.56. The van der Waals surface area contributed by atoms with Gasteiger partial charge in [-0.05, 0) is 25.3 Å². The zero-order valence-corrected chi connectivity index (χ0v) is 16.4. The van der Waals surface area contributed by atoms with Crippen LogP contribution in [-0.2, 0) is 20.9 Å². The Kier molecular flexibility index (Phi) is 10.2. The maximum atomic E-state index is 12.3. The second kappa shape index (κ2) is 11.9. The Bertz CT molecular complexity index is 558. The van der Waals surface area contributed by atoms with Crippen LogP contribution in [0.3, 0.4) is 0 Å². The number of nitrogens with zero attached hydrogens (tertiary/aromatic N) is 1. The van der Waals surface area contributed by atoms with E-state index in [2.05, 4.69) is 10.6 Å².